The molecule has 0 N–H and O–H groups in total. The van der Waals surface area contributed by atoms with Crippen LogP contribution in [0.3, 0.4) is 0 Å². The Kier molecular flexibility index (Phi) is 7.03. The predicted molar refractivity (Wildman–Crippen MR) is 103 cm³/mol. The standard InChI is InChI=1S/C21H33N3O2/c1-17-4-3-5-20(22-17)16-18(2)23-10-8-19(9-11-23)6-7-21(25)24-12-14-26-15-13-24/h3-5,18-19H,6-16H2,1-2H3. The lowest BCUT2D eigenvalue weighted by Gasteiger charge is -2.36. The first-order valence-corrected chi connectivity index (χ1v) is 10.1. The number of rotatable bonds is 6. The van der Waals surface area contributed by atoms with E-state index in [2.05, 4.69) is 41.9 Å². The van der Waals surface area contributed by atoms with Crippen LogP contribution in [0.15, 0.2) is 18.2 Å². The summed E-state index contributed by atoms with van der Waals surface area (Å²) in [5.41, 5.74) is 2.29. The van der Waals surface area contributed by atoms with Crippen molar-refractivity contribution in [2.75, 3.05) is 39.4 Å². The van der Waals surface area contributed by atoms with Crippen molar-refractivity contribution in [2.24, 2.45) is 5.92 Å². The van der Waals surface area contributed by atoms with E-state index in [1.54, 1.807) is 0 Å². The van der Waals surface area contributed by atoms with E-state index in [4.69, 9.17) is 4.74 Å². The zero-order valence-electron chi connectivity index (χ0n) is 16.3. The van der Waals surface area contributed by atoms with Crippen molar-refractivity contribution in [3.63, 3.8) is 0 Å². The van der Waals surface area contributed by atoms with Crippen molar-refractivity contribution in [3.05, 3.63) is 29.6 Å². The highest BCUT2D eigenvalue weighted by atomic mass is 16.5. The highest BCUT2D eigenvalue weighted by Crippen LogP contribution is 2.24. The molecule has 1 atom stereocenters. The van der Waals surface area contributed by atoms with Crippen LogP contribution in [0.25, 0.3) is 0 Å². The Balaban J connectivity index is 1.37. The number of carbonyl (C=O) groups is 1. The molecule has 2 saturated heterocycles. The number of pyridine rings is 1. The molecule has 1 unspecified atom stereocenters. The van der Waals surface area contributed by atoms with Gasteiger partial charge in [-0.1, -0.05) is 6.07 Å². The smallest absolute Gasteiger partial charge is 0.222 e. The van der Waals surface area contributed by atoms with Crippen LogP contribution in [0.5, 0.6) is 0 Å². The first-order valence-electron chi connectivity index (χ1n) is 10.1. The average Bonchev–Trinajstić information content (AvgIpc) is 2.67. The number of piperidine rings is 1. The lowest BCUT2D eigenvalue weighted by molar-refractivity contribution is -0.135. The summed E-state index contributed by atoms with van der Waals surface area (Å²) in [6.07, 6.45) is 5.18. The molecule has 5 heteroatoms. The molecule has 1 aromatic heterocycles. The van der Waals surface area contributed by atoms with E-state index in [-0.39, 0.29) is 0 Å². The molecular formula is C21H33N3O2. The third-order valence-electron chi connectivity index (χ3n) is 5.85. The van der Waals surface area contributed by atoms with Crippen LogP contribution in [-0.2, 0) is 16.0 Å². The van der Waals surface area contributed by atoms with Crippen LogP contribution in [0.1, 0.15) is 44.0 Å². The average molecular weight is 360 g/mol. The van der Waals surface area contributed by atoms with Crippen molar-refractivity contribution in [1.29, 1.82) is 0 Å². The van der Waals surface area contributed by atoms with E-state index < -0.39 is 0 Å². The molecule has 0 aliphatic carbocycles. The largest absolute Gasteiger partial charge is 0.378 e. The van der Waals surface area contributed by atoms with E-state index in [9.17, 15) is 4.79 Å². The van der Waals surface area contributed by atoms with Crippen LogP contribution in [0.4, 0.5) is 0 Å². The minimum Gasteiger partial charge on any atom is -0.378 e. The highest BCUT2D eigenvalue weighted by Gasteiger charge is 2.24. The Morgan fingerprint density at radius 1 is 1.23 bits per heavy atom. The predicted octanol–water partition coefficient (Wildman–Crippen LogP) is 2.67. The number of hydrogen-bond donors (Lipinski definition) is 0. The molecule has 0 bridgehead atoms. The van der Waals surface area contributed by atoms with Crippen molar-refractivity contribution in [1.82, 2.24) is 14.8 Å². The number of nitrogens with zero attached hydrogens (tertiary/aromatic N) is 3. The number of aromatic nitrogens is 1. The maximum atomic E-state index is 12.3. The normalized spacial score (nSPS) is 20.9. The number of carbonyl (C=O) groups excluding carboxylic acids is 1. The minimum absolute atomic E-state index is 0.314. The quantitative estimate of drug-likeness (QED) is 0.783. The first-order chi connectivity index (χ1) is 12.6. The highest BCUT2D eigenvalue weighted by molar-refractivity contribution is 5.76. The minimum atomic E-state index is 0.314. The van der Waals surface area contributed by atoms with Gasteiger partial charge in [-0.3, -0.25) is 9.78 Å². The van der Waals surface area contributed by atoms with Gasteiger partial charge in [0.15, 0.2) is 0 Å². The van der Waals surface area contributed by atoms with Crippen molar-refractivity contribution in [3.8, 4) is 0 Å². The fraction of sp³-hybridized carbons (Fsp3) is 0.714. The SMILES string of the molecule is Cc1cccc(CC(C)N2CCC(CCC(=O)N3CCOCC3)CC2)n1. The Hall–Kier alpha value is -1.46. The van der Waals surface area contributed by atoms with Gasteiger partial charge in [-0.15, -0.1) is 0 Å². The van der Waals surface area contributed by atoms with Crippen LogP contribution >= 0.6 is 0 Å². The third-order valence-corrected chi connectivity index (χ3v) is 5.85. The second kappa shape index (κ2) is 9.47. The second-order valence-corrected chi connectivity index (χ2v) is 7.83. The summed E-state index contributed by atoms with van der Waals surface area (Å²) in [5.74, 6) is 1.01. The molecule has 5 nitrogen and oxygen atoms in total. The monoisotopic (exact) mass is 359 g/mol. The van der Waals surface area contributed by atoms with Gasteiger partial charge in [0.25, 0.3) is 0 Å². The molecule has 2 aliphatic heterocycles. The van der Waals surface area contributed by atoms with Gasteiger partial charge in [0.1, 0.15) is 0 Å². The van der Waals surface area contributed by atoms with Crippen LogP contribution in [0.2, 0.25) is 0 Å². The Morgan fingerprint density at radius 3 is 2.65 bits per heavy atom. The van der Waals surface area contributed by atoms with Gasteiger partial charge in [-0.05, 0) is 64.3 Å². The fourth-order valence-electron chi connectivity index (χ4n) is 4.13. The van der Waals surface area contributed by atoms with E-state index >= 15 is 0 Å². The Bertz CT molecular complexity index is 578. The molecule has 0 radical (unpaired) electrons. The topological polar surface area (TPSA) is 45.7 Å². The number of hydrogen-bond acceptors (Lipinski definition) is 4. The maximum Gasteiger partial charge on any atom is 0.222 e. The summed E-state index contributed by atoms with van der Waals surface area (Å²) >= 11 is 0. The molecular weight excluding hydrogens is 326 g/mol. The van der Waals surface area contributed by atoms with Crippen LogP contribution in [-0.4, -0.2) is 66.1 Å². The zero-order chi connectivity index (χ0) is 18.4. The maximum absolute atomic E-state index is 12.3. The summed E-state index contributed by atoms with van der Waals surface area (Å²) < 4.78 is 5.32. The lowest BCUT2D eigenvalue weighted by atomic mass is 9.91. The van der Waals surface area contributed by atoms with Crippen molar-refractivity contribution >= 4 is 5.91 Å². The van der Waals surface area contributed by atoms with E-state index in [0.29, 0.717) is 37.5 Å². The Morgan fingerprint density at radius 2 is 1.96 bits per heavy atom. The second-order valence-electron chi connectivity index (χ2n) is 7.83. The van der Waals surface area contributed by atoms with Crippen LogP contribution in [0, 0.1) is 12.8 Å². The first kappa shape index (κ1) is 19.3. The lowest BCUT2D eigenvalue weighted by Crippen LogP contribution is -2.42. The van der Waals surface area contributed by atoms with Gasteiger partial charge >= 0.3 is 0 Å². The molecule has 3 heterocycles. The van der Waals surface area contributed by atoms with Gasteiger partial charge in [-0.2, -0.15) is 0 Å². The number of ether oxygens (including phenoxy) is 1. The van der Waals surface area contributed by atoms with E-state index in [1.807, 2.05) is 4.90 Å². The van der Waals surface area contributed by atoms with Gasteiger partial charge in [-0.25, -0.2) is 0 Å². The van der Waals surface area contributed by atoms with Crippen molar-refractivity contribution in [2.45, 2.75) is 52.0 Å². The van der Waals surface area contributed by atoms with Gasteiger partial charge in [0.05, 0.1) is 13.2 Å². The molecule has 2 fully saturated rings. The summed E-state index contributed by atoms with van der Waals surface area (Å²) in [6.45, 7) is 9.57. The summed E-state index contributed by atoms with van der Waals surface area (Å²) in [6, 6.07) is 6.81. The molecule has 1 aromatic rings. The molecule has 1 amide bonds. The number of morpholine rings is 1. The number of amides is 1. The van der Waals surface area contributed by atoms with Crippen LogP contribution < -0.4 is 0 Å². The fourth-order valence-corrected chi connectivity index (χ4v) is 4.13. The van der Waals surface area contributed by atoms with Gasteiger partial charge in [0.2, 0.25) is 5.91 Å². The molecule has 144 valence electrons. The molecule has 0 aromatic carbocycles. The number of likely N-dealkylation sites (tertiary alicyclic amines) is 1. The van der Waals surface area contributed by atoms with Crippen molar-refractivity contribution < 1.29 is 9.53 Å². The number of aryl methyl sites for hydroxylation is 1. The molecule has 2 aliphatic rings. The van der Waals surface area contributed by atoms with Gasteiger partial charge < -0.3 is 14.5 Å². The molecule has 0 saturated carbocycles. The third kappa shape index (κ3) is 5.52. The van der Waals surface area contributed by atoms with E-state index in [0.717, 1.165) is 44.7 Å². The van der Waals surface area contributed by atoms with Gasteiger partial charge in [0, 0.05) is 43.4 Å². The molecule has 0 spiro atoms. The molecule has 3 rings (SSSR count). The summed E-state index contributed by atoms with van der Waals surface area (Å²) in [4.78, 5) is 21.5. The summed E-state index contributed by atoms with van der Waals surface area (Å²) in [7, 11) is 0. The summed E-state index contributed by atoms with van der Waals surface area (Å²) in [5, 5.41) is 0. The molecule has 26 heavy (non-hydrogen) atoms. The van der Waals surface area contributed by atoms with E-state index in [1.165, 1.54) is 18.5 Å². The Labute approximate surface area is 157 Å². The zero-order valence-corrected chi connectivity index (χ0v) is 16.3.